The highest BCUT2D eigenvalue weighted by atomic mass is 16.1. The average Bonchev–Trinajstić information content (AvgIpc) is 2.48. The summed E-state index contributed by atoms with van der Waals surface area (Å²) in [6, 6.07) is 8.05. The van der Waals surface area contributed by atoms with Gasteiger partial charge >= 0.3 is 0 Å². The van der Waals surface area contributed by atoms with Crippen molar-refractivity contribution in [3.05, 3.63) is 29.8 Å². The van der Waals surface area contributed by atoms with Gasteiger partial charge in [-0.25, -0.2) is 0 Å². The molecular formula is C17H25N3O2. The van der Waals surface area contributed by atoms with Crippen LogP contribution in [-0.4, -0.2) is 18.4 Å². The quantitative estimate of drug-likeness (QED) is 0.750. The minimum Gasteiger partial charge on any atom is -0.370 e. The second-order valence-corrected chi connectivity index (χ2v) is 6.10. The Balaban J connectivity index is 1.86. The van der Waals surface area contributed by atoms with Crippen LogP contribution in [0.3, 0.4) is 0 Å². The fraction of sp³-hybridized carbons (Fsp3) is 0.529. The lowest BCUT2D eigenvalue weighted by Gasteiger charge is -2.28. The fourth-order valence-corrected chi connectivity index (χ4v) is 3.18. The van der Waals surface area contributed by atoms with E-state index in [4.69, 9.17) is 11.5 Å². The molecule has 1 aliphatic carbocycles. The predicted octanol–water partition coefficient (Wildman–Crippen LogP) is 2.12. The van der Waals surface area contributed by atoms with E-state index in [1.54, 1.807) is 0 Å². The van der Waals surface area contributed by atoms with Crippen LogP contribution in [0.4, 0.5) is 5.69 Å². The Hall–Kier alpha value is -1.88. The van der Waals surface area contributed by atoms with Gasteiger partial charge < -0.3 is 16.8 Å². The summed E-state index contributed by atoms with van der Waals surface area (Å²) in [6.45, 7) is 0.360. The van der Waals surface area contributed by atoms with Gasteiger partial charge in [0, 0.05) is 25.1 Å². The molecule has 0 bridgehead atoms. The van der Waals surface area contributed by atoms with Crippen molar-refractivity contribution in [2.45, 2.75) is 44.4 Å². The third kappa shape index (κ3) is 4.84. The van der Waals surface area contributed by atoms with Crippen molar-refractivity contribution in [1.82, 2.24) is 0 Å². The smallest absolute Gasteiger partial charge is 0.225 e. The van der Waals surface area contributed by atoms with Gasteiger partial charge in [-0.3, -0.25) is 9.59 Å². The molecule has 0 heterocycles. The SMILES string of the molecule is NCCC(=O)Nc1ccc(C2CCC(CC(N)=O)CC2)cc1. The summed E-state index contributed by atoms with van der Waals surface area (Å²) in [6.07, 6.45) is 5.16. The average molecular weight is 303 g/mol. The van der Waals surface area contributed by atoms with Crippen LogP contribution in [0.15, 0.2) is 24.3 Å². The predicted molar refractivity (Wildman–Crippen MR) is 87.3 cm³/mol. The van der Waals surface area contributed by atoms with Crippen LogP contribution in [0, 0.1) is 5.92 Å². The Bertz CT molecular complexity index is 505. The maximum atomic E-state index is 11.5. The molecule has 2 rings (SSSR count). The van der Waals surface area contributed by atoms with Crippen LogP contribution in [0.2, 0.25) is 0 Å². The molecule has 0 aromatic heterocycles. The molecule has 2 amide bonds. The van der Waals surface area contributed by atoms with Crippen molar-refractivity contribution in [1.29, 1.82) is 0 Å². The third-order valence-corrected chi connectivity index (χ3v) is 4.37. The number of carbonyl (C=O) groups excluding carboxylic acids is 2. The number of primary amides is 1. The fourth-order valence-electron chi connectivity index (χ4n) is 3.18. The Morgan fingerprint density at radius 2 is 1.73 bits per heavy atom. The number of hydrogen-bond acceptors (Lipinski definition) is 3. The van der Waals surface area contributed by atoms with Gasteiger partial charge in [-0.05, 0) is 55.2 Å². The van der Waals surface area contributed by atoms with Crippen molar-refractivity contribution in [3.8, 4) is 0 Å². The second kappa shape index (κ2) is 7.94. The monoisotopic (exact) mass is 303 g/mol. The number of anilines is 1. The molecule has 0 spiro atoms. The first-order valence-corrected chi connectivity index (χ1v) is 7.96. The van der Waals surface area contributed by atoms with Crippen molar-refractivity contribution >= 4 is 17.5 Å². The minimum absolute atomic E-state index is 0.0535. The van der Waals surface area contributed by atoms with E-state index < -0.39 is 0 Å². The van der Waals surface area contributed by atoms with Gasteiger partial charge in [0.05, 0.1) is 0 Å². The van der Waals surface area contributed by atoms with E-state index in [0.29, 0.717) is 31.2 Å². The molecule has 0 radical (unpaired) electrons. The molecule has 1 aromatic carbocycles. The van der Waals surface area contributed by atoms with Crippen molar-refractivity contribution in [2.24, 2.45) is 17.4 Å². The van der Waals surface area contributed by atoms with Gasteiger partial charge in [-0.15, -0.1) is 0 Å². The molecule has 5 nitrogen and oxygen atoms in total. The molecule has 22 heavy (non-hydrogen) atoms. The zero-order chi connectivity index (χ0) is 15.9. The van der Waals surface area contributed by atoms with Gasteiger partial charge in [0.2, 0.25) is 11.8 Å². The zero-order valence-corrected chi connectivity index (χ0v) is 12.9. The number of benzene rings is 1. The van der Waals surface area contributed by atoms with E-state index in [-0.39, 0.29) is 11.8 Å². The minimum atomic E-state index is -0.193. The topological polar surface area (TPSA) is 98.2 Å². The molecule has 1 fully saturated rings. The Kier molecular flexibility index (Phi) is 5.95. The molecule has 5 N–H and O–H groups in total. The maximum absolute atomic E-state index is 11.5. The summed E-state index contributed by atoms with van der Waals surface area (Å²) in [7, 11) is 0. The first-order chi connectivity index (χ1) is 10.6. The molecule has 1 saturated carbocycles. The maximum Gasteiger partial charge on any atom is 0.225 e. The van der Waals surface area contributed by atoms with E-state index in [0.717, 1.165) is 31.4 Å². The Morgan fingerprint density at radius 3 is 2.27 bits per heavy atom. The van der Waals surface area contributed by atoms with E-state index in [9.17, 15) is 9.59 Å². The van der Waals surface area contributed by atoms with Crippen LogP contribution < -0.4 is 16.8 Å². The standard InChI is InChI=1S/C17H25N3O2/c18-10-9-17(22)20-15-7-5-14(6-8-15)13-3-1-12(2-4-13)11-16(19)21/h5-8,12-13H,1-4,9-11,18H2,(H2,19,21)(H,20,22). The molecule has 1 aliphatic rings. The molecule has 0 aliphatic heterocycles. The molecule has 1 aromatic rings. The molecule has 0 atom stereocenters. The lowest BCUT2D eigenvalue weighted by atomic mass is 9.77. The number of nitrogens with two attached hydrogens (primary N) is 2. The van der Waals surface area contributed by atoms with Crippen LogP contribution in [0.5, 0.6) is 0 Å². The Morgan fingerprint density at radius 1 is 1.09 bits per heavy atom. The van der Waals surface area contributed by atoms with E-state index in [1.165, 1.54) is 5.56 Å². The van der Waals surface area contributed by atoms with Gasteiger partial charge in [-0.1, -0.05) is 12.1 Å². The Labute approximate surface area is 131 Å². The summed E-state index contributed by atoms with van der Waals surface area (Å²) in [4.78, 5) is 22.5. The number of carbonyl (C=O) groups is 2. The summed E-state index contributed by atoms with van der Waals surface area (Å²) in [5.74, 6) is 0.740. The normalized spacial score (nSPS) is 21.3. The summed E-state index contributed by atoms with van der Waals surface area (Å²) >= 11 is 0. The van der Waals surface area contributed by atoms with Crippen molar-refractivity contribution < 1.29 is 9.59 Å². The molecule has 0 unspecified atom stereocenters. The first kappa shape index (κ1) is 16.5. The summed E-state index contributed by atoms with van der Waals surface area (Å²) in [5, 5.41) is 2.83. The van der Waals surface area contributed by atoms with E-state index >= 15 is 0 Å². The number of amides is 2. The van der Waals surface area contributed by atoms with Crippen LogP contribution in [0.1, 0.15) is 50.0 Å². The lowest BCUT2D eigenvalue weighted by molar-refractivity contribution is -0.119. The number of rotatable bonds is 6. The van der Waals surface area contributed by atoms with Crippen LogP contribution >= 0.6 is 0 Å². The van der Waals surface area contributed by atoms with Gasteiger partial charge in [0.15, 0.2) is 0 Å². The molecular weight excluding hydrogens is 278 g/mol. The second-order valence-electron chi connectivity index (χ2n) is 6.10. The molecule has 120 valence electrons. The van der Waals surface area contributed by atoms with Crippen molar-refractivity contribution in [2.75, 3.05) is 11.9 Å². The lowest BCUT2D eigenvalue weighted by Crippen LogP contribution is -2.20. The summed E-state index contributed by atoms with van der Waals surface area (Å²) < 4.78 is 0. The largest absolute Gasteiger partial charge is 0.370 e. The van der Waals surface area contributed by atoms with Crippen molar-refractivity contribution in [3.63, 3.8) is 0 Å². The van der Waals surface area contributed by atoms with Gasteiger partial charge in [0.1, 0.15) is 0 Å². The highest BCUT2D eigenvalue weighted by molar-refractivity contribution is 5.90. The zero-order valence-electron chi connectivity index (χ0n) is 12.9. The highest BCUT2D eigenvalue weighted by Gasteiger charge is 2.23. The molecule has 0 saturated heterocycles. The van der Waals surface area contributed by atoms with Gasteiger partial charge in [0.25, 0.3) is 0 Å². The van der Waals surface area contributed by atoms with Crippen LogP contribution in [0.25, 0.3) is 0 Å². The number of hydrogen-bond donors (Lipinski definition) is 3. The summed E-state index contributed by atoms with van der Waals surface area (Å²) in [5.41, 5.74) is 12.7. The van der Waals surface area contributed by atoms with Crippen LogP contribution in [-0.2, 0) is 9.59 Å². The number of nitrogens with one attached hydrogen (secondary N) is 1. The van der Waals surface area contributed by atoms with Gasteiger partial charge in [-0.2, -0.15) is 0 Å². The third-order valence-electron chi connectivity index (χ3n) is 4.37. The molecule has 5 heteroatoms. The first-order valence-electron chi connectivity index (χ1n) is 7.96. The van der Waals surface area contributed by atoms with E-state index in [1.807, 2.05) is 12.1 Å². The van der Waals surface area contributed by atoms with E-state index in [2.05, 4.69) is 17.4 Å². The highest BCUT2D eigenvalue weighted by Crippen LogP contribution is 2.37.